The molecule has 1 fully saturated rings. The van der Waals surface area contributed by atoms with Gasteiger partial charge in [-0.25, -0.2) is 4.39 Å². The highest BCUT2D eigenvalue weighted by Crippen LogP contribution is 2.41. The first-order chi connectivity index (χ1) is 16.6. The van der Waals surface area contributed by atoms with Gasteiger partial charge in [0, 0.05) is 17.7 Å². The summed E-state index contributed by atoms with van der Waals surface area (Å²) in [7, 11) is 1.58. The SMILES string of the molecule is COc1ccc(/C(O)=C2/C(=O)C(=O)N(Cc3ccc(F)cc3)C2c2ccccc2)cc1C(C)(C)C. The summed E-state index contributed by atoms with van der Waals surface area (Å²) in [6, 6.07) is 19.3. The third-order valence-corrected chi connectivity index (χ3v) is 6.20. The van der Waals surface area contributed by atoms with Gasteiger partial charge in [-0.2, -0.15) is 0 Å². The normalized spacial score (nSPS) is 17.6. The smallest absolute Gasteiger partial charge is 0.295 e. The average Bonchev–Trinajstić information content (AvgIpc) is 3.09. The number of methoxy groups -OCH3 is 1. The molecule has 1 atom stereocenters. The number of benzene rings is 3. The molecule has 6 heteroatoms. The van der Waals surface area contributed by atoms with Crippen molar-refractivity contribution in [3.63, 3.8) is 0 Å². The molecule has 4 rings (SSSR count). The second kappa shape index (κ2) is 9.37. The van der Waals surface area contributed by atoms with Crippen molar-refractivity contribution in [2.45, 2.75) is 38.8 Å². The number of rotatable bonds is 5. The number of amides is 1. The van der Waals surface area contributed by atoms with Gasteiger partial charge in [0.05, 0.1) is 18.7 Å². The molecule has 0 spiro atoms. The van der Waals surface area contributed by atoms with E-state index in [0.29, 0.717) is 22.4 Å². The zero-order valence-electron chi connectivity index (χ0n) is 20.2. The van der Waals surface area contributed by atoms with Crippen LogP contribution < -0.4 is 4.74 Å². The minimum absolute atomic E-state index is 0.0216. The highest BCUT2D eigenvalue weighted by Gasteiger charge is 2.46. The molecule has 1 aliphatic heterocycles. The quantitative estimate of drug-likeness (QED) is 0.291. The van der Waals surface area contributed by atoms with Crippen LogP contribution in [0.25, 0.3) is 5.76 Å². The summed E-state index contributed by atoms with van der Waals surface area (Å²) in [6.45, 7) is 6.18. The molecule has 1 aliphatic rings. The molecule has 0 bridgehead atoms. The molecule has 1 N–H and O–H groups in total. The van der Waals surface area contributed by atoms with E-state index in [2.05, 4.69) is 0 Å². The van der Waals surface area contributed by atoms with Gasteiger partial charge in [0.25, 0.3) is 11.7 Å². The fourth-order valence-electron chi connectivity index (χ4n) is 4.41. The lowest BCUT2D eigenvalue weighted by Gasteiger charge is -2.26. The maximum atomic E-state index is 13.4. The van der Waals surface area contributed by atoms with Gasteiger partial charge in [0.1, 0.15) is 17.3 Å². The van der Waals surface area contributed by atoms with Crippen LogP contribution in [-0.2, 0) is 21.5 Å². The number of likely N-dealkylation sites (tertiary alicyclic amines) is 1. The minimum atomic E-state index is -0.790. The molecule has 180 valence electrons. The van der Waals surface area contributed by atoms with Crippen molar-refractivity contribution in [3.8, 4) is 5.75 Å². The molecule has 3 aromatic rings. The van der Waals surface area contributed by atoms with Crippen LogP contribution in [0.5, 0.6) is 5.75 Å². The Hall–Kier alpha value is -3.93. The third-order valence-electron chi connectivity index (χ3n) is 6.20. The van der Waals surface area contributed by atoms with Crippen LogP contribution in [0.4, 0.5) is 4.39 Å². The van der Waals surface area contributed by atoms with E-state index in [0.717, 1.165) is 5.56 Å². The lowest BCUT2D eigenvalue weighted by molar-refractivity contribution is -0.140. The molecule has 3 aromatic carbocycles. The molecule has 0 radical (unpaired) electrons. The van der Waals surface area contributed by atoms with Gasteiger partial charge < -0.3 is 14.7 Å². The molecule has 1 amide bonds. The van der Waals surface area contributed by atoms with Crippen molar-refractivity contribution < 1.29 is 23.8 Å². The predicted octanol–water partition coefficient (Wildman–Crippen LogP) is 5.75. The molecule has 1 saturated heterocycles. The van der Waals surface area contributed by atoms with Crippen LogP contribution in [0.3, 0.4) is 0 Å². The molecule has 0 saturated carbocycles. The maximum absolute atomic E-state index is 13.4. The van der Waals surface area contributed by atoms with Gasteiger partial charge in [-0.3, -0.25) is 9.59 Å². The summed E-state index contributed by atoms with van der Waals surface area (Å²) in [5.41, 5.74) is 2.40. The summed E-state index contributed by atoms with van der Waals surface area (Å²) in [4.78, 5) is 27.9. The fourth-order valence-corrected chi connectivity index (χ4v) is 4.41. The first kappa shape index (κ1) is 24.2. The van der Waals surface area contributed by atoms with Gasteiger partial charge in [0.15, 0.2) is 0 Å². The summed E-state index contributed by atoms with van der Waals surface area (Å²) < 4.78 is 18.9. The molecular weight excluding hydrogens is 445 g/mol. The summed E-state index contributed by atoms with van der Waals surface area (Å²) in [6.07, 6.45) is 0. The second-order valence-corrected chi connectivity index (χ2v) is 9.63. The summed E-state index contributed by atoms with van der Waals surface area (Å²) >= 11 is 0. The number of nitrogens with zero attached hydrogens (tertiary/aromatic N) is 1. The van der Waals surface area contributed by atoms with Gasteiger partial charge >= 0.3 is 0 Å². The number of carbonyl (C=O) groups excluding carboxylic acids is 2. The van der Waals surface area contributed by atoms with E-state index < -0.39 is 17.7 Å². The molecule has 0 aromatic heterocycles. The molecule has 35 heavy (non-hydrogen) atoms. The monoisotopic (exact) mass is 473 g/mol. The number of halogens is 1. The Balaban J connectivity index is 1.87. The Morgan fingerprint density at radius 2 is 1.66 bits per heavy atom. The molecular formula is C29H28FNO4. The lowest BCUT2D eigenvalue weighted by Crippen LogP contribution is -2.29. The Morgan fingerprint density at radius 1 is 1.00 bits per heavy atom. The Labute approximate surface area is 204 Å². The number of carbonyl (C=O) groups is 2. The topological polar surface area (TPSA) is 66.8 Å². The molecule has 1 heterocycles. The van der Waals surface area contributed by atoms with Crippen molar-refractivity contribution >= 4 is 17.4 Å². The predicted molar refractivity (Wildman–Crippen MR) is 132 cm³/mol. The number of ether oxygens (including phenoxy) is 1. The van der Waals surface area contributed by atoms with E-state index >= 15 is 0 Å². The van der Waals surface area contributed by atoms with Crippen LogP contribution in [0.15, 0.2) is 78.4 Å². The number of ketones is 1. The van der Waals surface area contributed by atoms with Crippen LogP contribution >= 0.6 is 0 Å². The highest BCUT2D eigenvalue weighted by molar-refractivity contribution is 6.46. The first-order valence-corrected chi connectivity index (χ1v) is 11.4. The van der Waals surface area contributed by atoms with Crippen molar-refractivity contribution in [1.29, 1.82) is 0 Å². The first-order valence-electron chi connectivity index (χ1n) is 11.4. The maximum Gasteiger partial charge on any atom is 0.295 e. The van der Waals surface area contributed by atoms with E-state index in [9.17, 15) is 19.1 Å². The number of hydrogen-bond acceptors (Lipinski definition) is 4. The Kier molecular flexibility index (Phi) is 6.48. The van der Waals surface area contributed by atoms with E-state index in [-0.39, 0.29) is 29.1 Å². The van der Waals surface area contributed by atoms with Crippen molar-refractivity contribution in [1.82, 2.24) is 4.90 Å². The van der Waals surface area contributed by atoms with E-state index in [1.807, 2.05) is 51.1 Å². The zero-order chi connectivity index (χ0) is 25.3. The number of hydrogen-bond donors (Lipinski definition) is 1. The average molecular weight is 474 g/mol. The minimum Gasteiger partial charge on any atom is -0.507 e. The highest BCUT2D eigenvalue weighted by atomic mass is 19.1. The number of Topliss-reactive ketones (excluding diaryl/α,β-unsaturated/α-hetero) is 1. The summed E-state index contributed by atoms with van der Waals surface area (Å²) in [5, 5.41) is 11.4. The van der Waals surface area contributed by atoms with Crippen LogP contribution in [-0.4, -0.2) is 28.8 Å². The zero-order valence-corrected chi connectivity index (χ0v) is 20.2. The van der Waals surface area contributed by atoms with Crippen molar-refractivity contribution in [2.24, 2.45) is 0 Å². The molecule has 5 nitrogen and oxygen atoms in total. The lowest BCUT2D eigenvalue weighted by atomic mass is 9.84. The number of aliphatic hydroxyl groups is 1. The van der Waals surface area contributed by atoms with Crippen LogP contribution in [0.1, 0.15) is 49.1 Å². The second-order valence-electron chi connectivity index (χ2n) is 9.63. The van der Waals surface area contributed by atoms with E-state index in [4.69, 9.17) is 4.74 Å². The van der Waals surface area contributed by atoms with Crippen LogP contribution in [0, 0.1) is 5.82 Å². The third kappa shape index (κ3) is 4.69. The van der Waals surface area contributed by atoms with Crippen molar-refractivity contribution in [3.05, 3.63) is 106 Å². The van der Waals surface area contributed by atoms with Crippen LogP contribution in [0.2, 0.25) is 0 Å². The van der Waals surface area contributed by atoms with Gasteiger partial charge in [0.2, 0.25) is 0 Å². The standard InChI is InChI=1S/C29H28FNO4/c1-29(2,3)22-16-20(12-15-23(22)35-4)26(32)24-25(19-8-6-5-7-9-19)31(28(34)27(24)33)17-18-10-13-21(30)14-11-18/h5-16,25,32H,17H2,1-4H3/b26-24-. The van der Waals surface area contributed by atoms with E-state index in [1.54, 1.807) is 37.4 Å². The fraction of sp³-hybridized carbons (Fsp3) is 0.241. The van der Waals surface area contributed by atoms with Gasteiger partial charge in [-0.05, 0) is 46.9 Å². The molecule has 1 unspecified atom stereocenters. The van der Waals surface area contributed by atoms with Crippen molar-refractivity contribution in [2.75, 3.05) is 7.11 Å². The van der Waals surface area contributed by atoms with E-state index in [1.165, 1.54) is 17.0 Å². The largest absolute Gasteiger partial charge is 0.507 e. The number of aliphatic hydroxyl groups excluding tert-OH is 1. The molecule has 0 aliphatic carbocycles. The van der Waals surface area contributed by atoms with Gasteiger partial charge in [-0.1, -0.05) is 63.2 Å². The summed E-state index contributed by atoms with van der Waals surface area (Å²) in [5.74, 6) is -1.43. The Bertz CT molecular complexity index is 1290. The Morgan fingerprint density at radius 3 is 2.26 bits per heavy atom. The van der Waals surface area contributed by atoms with Gasteiger partial charge in [-0.15, -0.1) is 0 Å².